The summed E-state index contributed by atoms with van der Waals surface area (Å²) in [6.07, 6.45) is 4.37. The van der Waals surface area contributed by atoms with Crippen LogP contribution in [-0.4, -0.2) is 56.8 Å². The Morgan fingerprint density at radius 2 is 1.69 bits per heavy atom. The highest BCUT2D eigenvalue weighted by Gasteiger charge is 2.41. The van der Waals surface area contributed by atoms with Crippen molar-refractivity contribution in [3.63, 3.8) is 0 Å². The number of nitrogens with one attached hydrogen (secondary N) is 1. The Morgan fingerprint density at radius 1 is 0.971 bits per heavy atom. The zero-order valence-corrected chi connectivity index (χ0v) is 20.9. The van der Waals surface area contributed by atoms with E-state index in [1.807, 2.05) is 31.2 Å². The minimum absolute atomic E-state index is 0.140. The van der Waals surface area contributed by atoms with Crippen LogP contribution in [0.5, 0.6) is 0 Å². The fraction of sp³-hybridized carbons (Fsp3) is 0.462. The summed E-state index contributed by atoms with van der Waals surface area (Å²) in [5, 5.41) is 2.91. The molecule has 186 valence electrons. The first-order valence-electron chi connectivity index (χ1n) is 12.4. The molecule has 1 N–H and O–H groups in total. The van der Waals surface area contributed by atoms with Crippen LogP contribution in [-0.2, 0) is 26.2 Å². The van der Waals surface area contributed by atoms with Crippen molar-refractivity contribution in [2.24, 2.45) is 0 Å². The maximum Gasteiger partial charge on any atom is 0.250 e. The number of fused-ring (bicyclic) bond motifs is 3. The summed E-state index contributed by atoms with van der Waals surface area (Å²) in [5.41, 5.74) is 3.44. The highest BCUT2D eigenvalue weighted by atomic mass is 32.2. The number of sulfonamides is 1. The van der Waals surface area contributed by atoms with Crippen molar-refractivity contribution in [2.75, 3.05) is 36.0 Å². The van der Waals surface area contributed by atoms with Crippen molar-refractivity contribution in [3.8, 4) is 0 Å². The number of hydrogen-bond acceptors (Lipinski definition) is 5. The second-order valence-electron chi connectivity index (χ2n) is 9.65. The quantitative estimate of drug-likeness (QED) is 0.664. The molecule has 3 aliphatic heterocycles. The van der Waals surface area contributed by atoms with Gasteiger partial charge in [-0.05, 0) is 62.8 Å². The lowest BCUT2D eigenvalue weighted by atomic mass is 9.96. The fourth-order valence-corrected chi connectivity index (χ4v) is 6.78. The van der Waals surface area contributed by atoms with Gasteiger partial charge < -0.3 is 10.2 Å². The third-order valence-corrected chi connectivity index (χ3v) is 9.11. The number of anilines is 2. The fourth-order valence-electron chi connectivity index (χ4n) is 5.24. The molecule has 35 heavy (non-hydrogen) atoms. The Labute approximate surface area is 206 Å². The maximum atomic E-state index is 13.5. The van der Waals surface area contributed by atoms with Crippen LogP contribution in [0.1, 0.15) is 43.2 Å². The zero-order valence-electron chi connectivity index (χ0n) is 20.1. The van der Waals surface area contributed by atoms with Crippen molar-refractivity contribution < 1.29 is 18.0 Å². The minimum Gasteiger partial charge on any atom is -0.358 e. The molecule has 2 amide bonds. The molecule has 2 aromatic carbocycles. The Balaban J connectivity index is 1.43. The van der Waals surface area contributed by atoms with Gasteiger partial charge in [0, 0.05) is 26.2 Å². The van der Waals surface area contributed by atoms with Crippen molar-refractivity contribution >= 4 is 33.2 Å². The van der Waals surface area contributed by atoms with E-state index in [4.69, 9.17) is 0 Å². The van der Waals surface area contributed by atoms with Crippen LogP contribution in [0, 0.1) is 6.92 Å². The predicted octanol–water partition coefficient (Wildman–Crippen LogP) is 2.80. The maximum absolute atomic E-state index is 13.5. The number of piperidine rings is 1. The molecule has 0 aromatic heterocycles. The number of carbonyl (C=O) groups is 2. The molecule has 1 atom stereocenters. The van der Waals surface area contributed by atoms with E-state index in [0.29, 0.717) is 25.3 Å². The SMILES string of the molecule is Cc1ccc(CNC(=O)CN2C(=O)C3CCCCN3c3ccc(S(=O)(=O)N4CCCC4)cc32)cc1. The summed E-state index contributed by atoms with van der Waals surface area (Å²) in [4.78, 5) is 30.2. The number of carbonyl (C=O) groups excluding carboxylic acids is 2. The molecule has 3 aliphatic rings. The largest absolute Gasteiger partial charge is 0.358 e. The van der Waals surface area contributed by atoms with Gasteiger partial charge in [-0.15, -0.1) is 0 Å². The van der Waals surface area contributed by atoms with Crippen LogP contribution in [0.25, 0.3) is 0 Å². The standard InChI is InChI=1S/C26H32N4O4S/c1-19-7-9-20(10-8-19)17-27-25(31)18-30-24-16-21(35(33,34)28-13-4-5-14-28)11-12-22(24)29-15-3-2-6-23(29)26(30)32/h7-12,16,23H,2-6,13-15,17-18H2,1H3,(H,27,31). The first-order valence-corrected chi connectivity index (χ1v) is 13.8. The molecule has 2 aromatic rings. The second kappa shape index (κ2) is 9.62. The van der Waals surface area contributed by atoms with Gasteiger partial charge in [0.05, 0.1) is 16.3 Å². The highest BCUT2D eigenvalue weighted by molar-refractivity contribution is 7.89. The summed E-state index contributed by atoms with van der Waals surface area (Å²) in [5.74, 6) is -0.416. The number of aryl methyl sites for hydroxylation is 1. The molecule has 0 bridgehead atoms. The van der Waals surface area contributed by atoms with Gasteiger partial charge >= 0.3 is 0 Å². The Hall–Kier alpha value is -2.91. The van der Waals surface area contributed by atoms with Gasteiger partial charge in [-0.2, -0.15) is 4.31 Å². The van der Waals surface area contributed by atoms with Gasteiger partial charge in [0.15, 0.2) is 0 Å². The van der Waals surface area contributed by atoms with Crippen LogP contribution in [0.2, 0.25) is 0 Å². The van der Waals surface area contributed by atoms with E-state index in [1.165, 1.54) is 9.21 Å². The van der Waals surface area contributed by atoms with Crippen molar-refractivity contribution in [1.82, 2.24) is 9.62 Å². The lowest BCUT2D eigenvalue weighted by Gasteiger charge is -2.45. The summed E-state index contributed by atoms with van der Waals surface area (Å²) in [6.45, 7) is 4.00. The van der Waals surface area contributed by atoms with E-state index in [-0.39, 0.29) is 29.3 Å². The topological polar surface area (TPSA) is 90.0 Å². The van der Waals surface area contributed by atoms with Crippen LogP contribution in [0.4, 0.5) is 11.4 Å². The second-order valence-corrected chi connectivity index (χ2v) is 11.6. The van der Waals surface area contributed by atoms with Gasteiger partial charge in [0.2, 0.25) is 21.8 Å². The van der Waals surface area contributed by atoms with E-state index in [9.17, 15) is 18.0 Å². The summed E-state index contributed by atoms with van der Waals surface area (Å²) < 4.78 is 28.0. The number of hydrogen-bond donors (Lipinski definition) is 1. The Bertz CT molecular complexity index is 1220. The van der Waals surface area contributed by atoms with E-state index < -0.39 is 10.0 Å². The number of amides is 2. The Kier molecular flexibility index (Phi) is 6.55. The van der Waals surface area contributed by atoms with Crippen LogP contribution < -0.4 is 15.1 Å². The molecule has 0 spiro atoms. The average molecular weight is 497 g/mol. The zero-order chi connectivity index (χ0) is 24.6. The highest BCUT2D eigenvalue weighted by Crippen LogP contribution is 2.41. The van der Waals surface area contributed by atoms with Gasteiger partial charge in [-0.1, -0.05) is 29.8 Å². The third kappa shape index (κ3) is 4.67. The number of benzene rings is 2. The van der Waals surface area contributed by atoms with Crippen molar-refractivity contribution in [2.45, 2.75) is 56.5 Å². The van der Waals surface area contributed by atoms with E-state index >= 15 is 0 Å². The summed E-state index contributed by atoms with van der Waals surface area (Å²) in [7, 11) is -3.64. The molecule has 5 rings (SSSR count). The summed E-state index contributed by atoms with van der Waals surface area (Å²) >= 11 is 0. The number of nitrogens with zero attached hydrogens (tertiary/aromatic N) is 3. The lowest BCUT2D eigenvalue weighted by molar-refractivity contribution is -0.125. The first kappa shape index (κ1) is 23.8. The number of rotatable bonds is 6. The van der Waals surface area contributed by atoms with Gasteiger partial charge in [0.1, 0.15) is 12.6 Å². The molecule has 2 saturated heterocycles. The van der Waals surface area contributed by atoms with E-state index in [2.05, 4.69) is 10.2 Å². The molecule has 0 aliphatic carbocycles. The lowest BCUT2D eigenvalue weighted by Crippen LogP contribution is -2.57. The smallest absolute Gasteiger partial charge is 0.250 e. The van der Waals surface area contributed by atoms with Crippen LogP contribution in [0.15, 0.2) is 47.4 Å². The molecule has 0 radical (unpaired) electrons. The van der Waals surface area contributed by atoms with Crippen molar-refractivity contribution in [1.29, 1.82) is 0 Å². The minimum atomic E-state index is -3.64. The van der Waals surface area contributed by atoms with E-state index in [1.54, 1.807) is 18.2 Å². The third-order valence-electron chi connectivity index (χ3n) is 7.22. The van der Waals surface area contributed by atoms with Gasteiger partial charge in [-0.25, -0.2) is 8.42 Å². The Morgan fingerprint density at radius 3 is 2.43 bits per heavy atom. The molecule has 3 heterocycles. The molecule has 2 fully saturated rings. The summed E-state index contributed by atoms with van der Waals surface area (Å²) in [6, 6.07) is 12.6. The molecular weight excluding hydrogens is 464 g/mol. The average Bonchev–Trinajstić information content (AvgIpc) is 3.42. The van der Waals surface area contributed by atoms with Gasteiger partial charge in [0.25, 0.3) is 0 Å². The molecule has 9 heteroatoms. The van der Waals surface area contributed by atoms with Crippen molar-refractivity contribution in [3.05, 3.63) is 53.6 Å². The van der Waals surface area contributed by atoms with Gasteiger partial charge in [-0.3, -0.25) is 14.5 Å². The van der Waals surface area contributed by atoms with Crippen LogP contribution >= 0.6 is 0 Å². The first-order chi connectivity index (χ1) is 16.8. The molecule has 8 nitrogen and oxygen atoms in total. The molecule has 1 unspecified atom stereocenters. The van der Waals surface area contributed by atoms with E-state index in [0.717, 1.165) is 55.5 Å². The molecule has 0 saturated carbocycles. The predicted molar refractivity (Wildman–Crippen MR) is 135 cm³/mol. The normalized spacial score (nSPS) is 20.5. The molecular formula is C26H32N4O4S. The van der Waals surface area contributed by atoms with Crippen LogP contribution in [0.3, 0.4) is 0 Å². The monoisotopic (exact) mass is 496 g/mol.